The highest BCUT2D eigenvalue weighted by molar-refractivity contribution is 9.10. The van der Waals surface area contributed by atoms with Crippen molar-refractivity contribution < 1.29 is 9.35 Å². The third-order valence-corrected chi connectivity index (χ3v) is 5.92. The van der Waals surface area contributed by atoms with Gasteiger partial charge in [0.05, 0.1) is 6.04 Å². The lowest BCUT2D eigenvalue weighted by Gasteiger charge is -2.28. The number of carbonyl (C=O) groups excluding carboxylic acids is 1. The van der Waals surface area contributed by atoms with Crippen LogP contribution in [0, 0.1) is 5.92 Å². The van der Waals surface area contributed by atoms with Crippen LogP contribution in [0.5, 0.6) is 0 Å². The zero-order valence-corrected chi connectivity index (χ0v) is 16.3. The van der Waals surface area contributed by atoms with Crippen molar-refractivity contribution in [2.24, 2.45) is 5.92 Å². The first-order valence-corrected chi connectivity index (χ1v) is 9.93. The van der Waals surface area contributed by atoms with Gasteiger partial charge >= 0.3 is 0 Å². The summed E-state index contributed by atoms with van der Waals surface area (Å²) >= 11 is 2.30. The van der Waals surface area contributed by atoms with Gasteiger partial charge in [0.1, 0.15) is 4.75 Å². The first kappa shape index (κ1) is 18.8. The second kappa shape index (κ2) is 8.01. The Bertz CT molecular complexity index is 544. The molecule has 1 aliphatic rings. The number of rotatable bonds is 7. The number of anilines is 1. The lowest BCUT2D eigenvalue weighted by molar-refractivity contribution is -0.116. The van der Waals surface area contributed by atoms with Crippen molar-refractivity contribution in [3.8, 4) is 0 Å². The molecule has 0 heterocycles. The summed E-state index contributed by atoms with van der Waals surface area (Å²) in [6.07, 6.45) is 3.47. The molecule has 6 heteroatoms. The highest BCUT2D eigenvalue weighted by Gasteiger charge is 2.37. The van der Waals surface area contributed by atoms with Gasteiger partial charge in [0.25, 0.3) is 0 Å². The summed E-state index contributed by atoms with van der Waals surface area (Å²) in [6, 6.07) is 7.71. The van der Waals surface area contributed by atoms with Crippen LogP contribution in [0.15, 0.2) is 28.7 Å². The molecule has 2 atom stereocenters. The maximum atomic E-state index is 12.3. The Kier molecular flexibility index (Phi) is 6.54. The van der Waals surface area contributed by atoms with E-state index in [0.29, 0.717) is 18.8 Å². The van der Waals surface area contributed by atoms with E-state index in [-0.39, 0.29) is 16.7 Å². The Balaban J connectivity index is 1.83. The van der Waals surface area contributed by atoms with Crippen molar-refractivity contribution in [1.29, 1.82) is 0 Å². The third-order valence-electron chi connectivity index (χ3n) is 3.80. The van der Waals surface area contributed by atoms with Gasteiger partial charge in [-0.2, -0.15) is 0 Å². The lowest BCUT2D eigenvalue weighted by atomic mass is 10.1. The molecule has 23 heavy (non-hydrogen) atoms. The smallest absolute Gasteiger partial charge is 0.224 e. The minimum atomic E-state index is -1.09. The van der Waals surface area contributed by atoms with Gasteiger partial charge in [-0.05, 0) is 64.2 Å². The fourth-order valence-corrected chi connectivity index (χ4v) is 3.62. The number of carbonyl (C=O) groups is 1. The standard InChI is InChI=1S/C17H25BrN2O2S/c1-17(2,3)23(22)20-15(12-7-8-12)9-10-16(21)19-14-6-4-5-13(18)11-14/h4-6,11-12,15,20H,7-10H2,1-3H3,(H,19,21)/t15-,23-/m1/s1. The molecule has 0 aliphatic heterocycles. The maximum Gasteiger partial charge on any atom is 0.224 e. The highest BCUT2D eigenvalue weighted by Crippen LogP contribution is 2.35. The molecule has 128 valence electrons. The third kappa shape index (κ3) is 6.45. The fraction of sp³-hybridized carbons (Fsp3) is 0.588. The predicted molar refractivity (Wildman–Crippen MR) is 99.5 cm³/mol. The van der Waals surface area contributed by atoms with Crippen LogP contribution in [0.1, 0.15) is 46.5 Å². The van der Waals surface area contributed by atoms with Crippen LogP contribution >= 0.6 is 15.9 Å². The van der Waals surface area contributed by atoms with E-state index in [2.05, 4.69) is 26.0 Å². The zero-order valence-electron chi connectivity index (χ0n) is 13.9. The molecule has 1 aliphatic carbocycles. The van der Waals surface area contributed by atoms with Gasteiger partial charge in [-0.25, -0.2) is 0 Å². The number of hydrogen-bond donors (Lipinski definition) is 2. The maximum absolute atomic E-state index is 12.3. The molecule has 1 saturated carbocycles. The lowest BCUT2D eigenvalue weighted by Crippen LogP contribution is -2.45. The molecule has 2 rings (SSSR count). The molecule has 4 nitrogen and oxygen atoms in total. The van der Waals surface area contributed by atoms with Gasteiger partial charge in [-0.1, -0.05) is 22.0 Å². The predicted octanol–water partition coefficient (Wildman–Crippen LogP) is 4.00. The monoisotopic (exact) mass is 400 g/mol. The minimum Gasteiger partial charge on any atom is -0.598 e. The van der Waals surface area contributed by atoms with Crippen molar-refractivity contribution in [3.63, 3.8) is 0 Å². The Morgan fingerprint density at radius 3 is 2.70 bits per heavy atom. The quantitative estimate of drug-likeness (QED) is 0.679. The molecule has 2 N–H and O–H groups in total. The SMILES string of the molecule is CC(C)(C)[S@@+]([O-])N[C@H](CCC(=O)Nc1cccc(Br)c1)C1CC1. The largest absolute Gasteiger partial charge is 0.598 e. The van der Waals surface area contributed by atoms with Crippen molar-refractivity contribution in [2.45, 2.75) is 57.2 Å². The summed E-state index contributed by atoms with van der Waals surface area (Å²) in [5.41, 5.74) is 0.790. The van der Waals surface area contributed by atoms with Gasteiger partial charge in [0.15, 0.2) is 0 Å². The van der Waals surface area contributed by atoms with Crippen LogP contribution in [0.3, 0.4) is 0 Å². The second-order valence-corrected chi connectivity index (χ2v) is 9.95. The second-order valence-electron chi connectivity index (χ2n) is 7.04. The number of nitrogens with one attached hydrogen (secondary N) is 2. The fourth-order valence-electron chi connectivity index (χ4n) is 2.28. The van der Waals surface area contributed by atoms with Crippen LogP contribution in [0.4, 0.5) is 5.69 Å². The van der Waals surface area contributed by atoms with Crippen LogP contribution in [-0.4, -0.2) is 21.2 Å². The summed E-state index contributed by atoms with van der Waals surface area (Å²) in [5, 5.41) is 2.91. The zero-order chi connectivity index (χ0) is 17.0. The van der Waals surface area contributed by atoms with Crippen LogP contribution < -0.4 is 10.0 Å². The Morgan fingerprint density at radius 1 is 1.43 bits per heavy atom. The normalized spacial score (nSPS) is 17.6. The molecule has 1 fully saturated rings. The van der Waals surface area contributed by atoms with Crippen LogP contribution in [-0.2, 0) is 16.2 Å². The Morgan fingerprint density at radius 2 is 2.13 bits per heavy atom. The average Bonchev–Trinajstić information content (AvgIpc) is 3.26. The number of halogens is 1. The van der Waals surface area contributed by atoms with E-state index in [1.807, 2.05) is 45.0 Å². The average molecular weight is 401 g/mol. The van der Waals surface area contributed by atoms with E-state index in [0.717, 1.165) is 23.0 Å². The van der Waals surface area contributed by atoms with E-state index >= 15 is 0 Å². The molecule has 0 spiro atoms. The molecular weight excluding hydrogens is 376 g/mol. The molecule has 0 unspecified atom stereocenters. The first-order valence-electron chi connectivity index (χ1n) is 7.99. The Labute approximate surface area is 150 Å². The number of amides is 1. The summed E-state index contributed by atoms with van der Waals surface area (Å²) in [7, 11) is 0. The van der Waals surface area contributed by atoms with E-state index in [1.54, 1.807) is 0 Å². The van der Waals surface area contributed by atoms with Crippen molar-refractivity contribution in [3.05, 3.63) is 28.7 Å². The van der Waals surface area contributed by atoms with Crippen molar-refractivity contribution >= 4 is 38.9 Å². The van der Waals surface area contributed by atoms with Gasteiger partial charge < -0.3 is 9.87 Å². The highest BCUT2D eigenvalue weighted by atomic mass is 79.9. The summed E-state index contributed by atoms with van der Waals surface area (Å²) < 4.78 is 16.2. The molecule has 0 aromatic heterocycles. The van der Waals surface area contributed by atoms with Gasteiger partial charge in [0.2, 0.25) is 5.91 Å². The van der Waals surface area contributed by atoms with E-state index in [4.69, 9.17) is 0 Å². The molecular formula is C17H25BrN2O2S. The molecule has 0 radical (unpaired) electrons. The Hall–Kier alpha value is -0.560. The summed E-state index contributed by atoms with van der Waals surface area (Å²) in [6.45, 7) is 5.88. The van der Waals surface area contributed by atoms with Gasteiger partial charge in [-0.3, -0.25) is 4.79 Å². The van der Waals surface area contributed by atoms with Crippen LogP contribution in [0.25, 0.3) is 0 Å². The van der Waals surface area contributed by atoms with Crippen molar-refractivity contribution in [2.75, 3.05) is 5.32 Å². The van der Waals surface area contributed by atoms with E-state index < -0.39 is 11.4 Å². The molecule has 1 aromatic carbocycles. The topological polar surface area (TPSA) is 64.2 Å². The summed E-state index contributed by atoms with van der Waals surface area (Å²) in [4.78, 5) is 12.1. The van der Waals surface area contributed by atoms with Crippen molar-refractivity contribution in [1.82, 2.24) is 4.72 Å². The molecule has 0 saturated heterocycles. The van der Waals surface area contributed by atoms with Gasteiger partial charge in [-0.15, -0.1) is 4.72 Å². The molecule has 1 amide bonds. The number of benzene rings is 1. The molecule has 0 bridgehead atoms. The summed E-state index contributed by atoms with van der Waals surface area (Å²) in [5.74, 6) is 0.553. The first-order chi connectivity index (χ1) is 10.8. The van der Waals surface area contributed by atoms with E-state index in [9.17, 15) is 9.35 Å². The van der Waals surface area contributed by atoms with Crippen LogP contribution in [0.2, 0.25) is 0 Å². The van der Waals surface area contributed by atoms with E-state index in [1.165, 1.54) is 0 Å². The minimum absolute atomic E-state index is 0.00269. The number of hydrogen-bond acceptors (Lipinski definition) is 3. The molecule has 1 aromatic rings. The van der Waals surface area contributed by atoms with Gasteiger partial charge in [0, 0.05) is 27.9 Å².